The number of benzene rings is 1. The fourth-order valence-electron chi connectivity index (χ4n) is 2.48. The molecular formula is C15H23N3O. The molecule has 0 spiro atoms. The van der Waals surface area contributed by atoms with Crippen molar-refractivity contribution >= 4 is 5.96 Å². The van der Waals surface area contributed by atoms with E-state index in [1.165, 1.54) is 5.56 Å². The van der Waals surface area contributed by atoms with E-state index in [1.807, 2.05) is 18.2 Å². The minimum absolute atomic E-state index is 0.194. The predicted molar refractivity (Wildman–Crippen MR) is 78.0 cm³/mol. The Morgan fingerprint density at radius 1 is 1.32 bits per heavy atom. The third-order valence-corrected chi connectivity index (χ3v) is 3.68. The van der Waals surface area contributed by atoms with Gasteiger partial charge in [0.15, 0.2) is 5.96 Å². The first-order chi connectivity index (χ1) is 9.25. The zero-order valence-corrected chi connectivity index (χ0v) is 11.3. The summed E-state index contributed by atoms with van der Waals surface area (Å²) in [4.78, 5) is 4.31. The number of rotatable bonds is 5. The van der Waals surface area contributed by atoms with E-state index in [9.17, 15) is 5.11 Å². The van der Waals surface area contributed by atoms with Crippen molar-refractivity contribution in [3.63, 3.8) is 0 Å². The Hall–Kier alpha value is -1.55. The third-order valence-electron chi connectivity index (χ3n) is 3.68. The summed E-state index contributed by atoms with van der Waals surface area (Å²) >= 11 is 0. The summed E-state index contributed by atoms with van der Waals surface area (Å²) in [5.41, 5.74) is 7.10. The second-order valence-corrected chi connectivity index (χ2v) is 5.15. The number of guanidine groups is 1. The number of nitrogens with two attached hydrogens (primary N) is 1. The molecule has 1 aliphatic carbocycles. The van der Waals surface area contributed by atoms with E-state index in [0.717, 1.165) is 32.2 Å². The molecule has 0 aromatic heterocycles. The molecule has 1 fully saturated rings. The molecule has 2 atom stereocenters. The number of hydrogen-bond acceptors (Lipinski definition) is 2. The van der Waals surface area contributed by atoms with Crippen molar-refractivity contribution in [1.29, 1.82) is 0 Å². The molecule has 0 radical (unpaired) electrons. The highest BCUT2D eigenvalue weighted by Crippen LogP contribution is 2.25. The van der Waals surface area contributed by atoms with Crippen LogP contribution in [-0.4, -0.2) is 30.3 Å². The molecule has 1 aromatic carbocycles. The topological polar surface area (TPSA) is 70.6 Å². The van der Waals surface area contributed by atoms with Gasteiger partial charge in [-0.2, -0.15) is 0 Å². The molecule has 2 unspecified atom stereocenters. The van der Waals surface area contributed by atoms with Gasteiger partial charge in [-0.05, 0) is 24.8 Å². The molecule has 1 aromatic rings. The molecule has 104 valence electrons. The molecule has 0 amide bonds. The number of nitrogens with one attached hydrogen (secondary N) is 1. The van der Waals surface area contributed by atoms with Gasteiger partial charge in [0, 0.05) is 19.0 Å². The van der Waals surface area contributed by atoms with Gasteiger partial charge in [-0.15, -0.1) is 0 Å². The second kappa shape index (κ2) is 7.14. The smallest absolute Gasteiger partial charge is 0.188 e. The van der Waals surface area contributed by atoms with Crippen molar-refractivity contribution in [3.8, 4) is 0 Å². The molecule has 0 saturated heterocycles. The highest BCUT2D eigenvalue weighted by molar-refractivity contribution is 5.77. The van der Waals surface area contributed by atoms with Crippen LogP contribution in [0, 0.1) is 5.92 Å². The summed E-state index contributed by atoms with van der Waals surface area (Å²) in [7, 11) is 0. The molecule has 0 heterocycles. The van der Waals surface area contributed by atoms with Crippen LogP contribution in [0.4, 0.5) is 0 Å². The van der Waals surface area contributed by atoms with E-state index in [2.05, 4.69) is 22.4 Å². The summed E-state index contributed by atoms with van der Waals surface area (Å²) < 4.78 is 0. The quantitative estimate of drug-likeness (QED) is 0.552. The SMILES string of the molecule is NC(=NCC1CCCC1O)NCCc1ccccc1. The van der Waals surface area contributed by atoms with Crippen molar-refractivity contribution in [2.24, 2.45) is 16.6 Å². The van der Waals surface area contributed by atoms with Crippen molar-refractivity contribution in [3.05, 3.63) is 35.9 Å². The molecule has 1 aliphatic rings. The lowest BCUT2D eigenvalue weighted by molar-refractivity contribution is 0.136. The van der Waals surface area contributed by atoms with Crippen LogP contribution in [0.15, 0.2) is 35.3 Å². The van der Waals surface area contributed by atoms with Gasteiger partial charge in [0.05, 0.1) is 6.10 Å². The molecule has 2 rings (SSSR count). The molecule has 1 saturated carbocycles. The summed E-state index contributed by atoms with van der Waals surface area (Å²) in [5.74, 6) is 0.768. The molecular weight excluding hydrogens is 238 g/mol. The van der Waals surface area contributed by atoms with Gasteiger partial charge in [-0.25, -0.2) is 0 Å². The van der Waals surface area contributed by atoms with Gasteiger partial charge in [-0.1, -0.05) is 36.8 Å². The van der Waals surface area contributed by atoms with Gasteiger partial charge < -0.3 is 16.2 Å². The van der Waals surface area contributed by atoms with E-state index < -0.39 is 0 Å². The maximum atomic E-state index is 9.70. The van der Waals surface area contributed by atoms with E-state index >= 15 is 0 Å². The van der Waals surface area contributed by atoms with Crippen LogP contribution in [0.5, 0.6) is 0 Å². The lowest BCUT2D eigenvalue weighted by Crippen LogP contribution is -2.34. The van der Waals surface area contributed by atoms with Gasteiger partial charge in [0.25, 0.3) is 0 Å². The zero-order chi connectivity index (χ0) is 13.5. The Kier molecular flexibility index (Phi) is 5.21. The fraction of sp³-hybridized carbons (Fsp3) is 0.533. The largest absolute Gasteiger partial charge is 0.393 e. The van der Waals surface area contributed by atoms with Gasteiger partial charge in [-0.3, -0.25) is 4.99 Å². The summed E-state index contributed by atoms with van der Waals surface area (Å²) in [6.45, 7) is 1.41. The van der Waals surface area contributed by atoms with E-state index in [4.69, 9.17) is 5.73 Å². The molecule has 0 bridgehead atoms. The highest BCUT2D eigenvalue weighted by atomic mass is 16.3. The Morgan fingerprint density at radius 2 is 2.11 bits per heavy atom. The zero-order valence-electron chi connectivity index (χ0n) is 11.3. The highest BCUT2D eigenvalue weighted by Gasteiger charge is 2.24. The molecule has 4 nitrogen and oxygen atoms in total. The van der Waals surface area contributed by atoms with Crippen LogP contribution in [0.25, 0.3) is 0 Å². The summed E-state index contributed by atoms with van der Waals surface area (Å²) in [5, 5.41) is 12.8. The van der Waals surface area contributed by atoms with Crippen LogP contribution in [0.2, 0.25) is 0 Å². The van der Waals surface area contributed by atoms with Gasteiger partial charge in [0.2, 0.25) is 0 Å². The number of aliphatic hydroxyl groups is 1. The van der Waals surface area contributed by atoms with Crippen LogP contribution < -0.4 is 11.1 Å². The summed E-state index contributed by atoms with van der Waals surface area (Å²) in [6.07, 6.45) is 3.80. The maximum absolute atomic E-state index is 9.70. The van der Waals surface area contributed by atoms with Crippen LogP contribution in [0.1, 0.15) is 24.8 Å². The standard InChI is InChI=1S/C15H23N3O/c16-15(18-11-13-7-4-8-14(13)19)17-10-9-12-5-2-1-3-6-12/h1-3,5-6,13-14,19H,4,7-11H2,(H3,16,17,18). The number of aliphatic hydroxyl groups excluding tert-OH is 1. The number of aliphatic imine (C=N–C) groups is 1. The molecule has 4 heteroatoms. The van der Waals surface area contributed by atoms with Crippen LogP contribution in [0.3, 0.4) is 0 Å². The van der Waals surface area contributed by atoms with Gasteiger partial charge >= 0.3 is 0 Å². The first-order valence-corrected chi connectivity index (χ1v) is 7.01. The molecule has 4 N–H and O–H groups in total. The first kappa shape index (κ1) is 13.9. The fourth-order valence-corrected chi connectivity index (χ4v) is 2.48. The Bertz CT molecular complexity index is 405. The second-order valence-electron chi connectivity index (χ2n) is 5.15. The predicted octanol–water partition coefficient (Wildman–Crippen LogP) is 1.29. The van der Waals surface area contributed by atoms with Crippen molar-refractivity contribution in [1.82, 2.24) is 5.32 Å². The van der Waals surface area contributed by atoms with Crippen LogP contribution >= 0.6 is 0 Å². The minimum Gasteiger partial charge on any atom is -0.393 e. The van der Waals surface area contributed by atoms with Crippen molar-refractivity contribution in [2.45, 2.75) is 31.8 Å². The third kappa shape index (κ3) is 4.56. The van der Waals surface area contributed by atoms with Crippen LogP contribution in [-0.2, 0) is 6.42 Å². The van der Waals surface area contributed by atoms with E-state index in [1.54, 1.807) is 0 Å². The van der Waals surface area contributed by atoms with Crippen molar-refractivity contribution < 1.29 is 5.11 Å². The summed E-state index contributed by atoms with van der Waals surface area (Å²) in [6, 6.07) is 10.3. The molecule has 0 aliphatic heterocycles. The lowest BCUT2D eigenvalue weighted by atomic mass is 10.1. The van der Waals surface area contributed by atoms with Crippen molar-refractivity contribution in [2.75, 3.05) is 13.1 Å². The maximum Gasteiger partial charge on any atom is 0.188 e. The average Bonchev–Trinajstić information content (AvgIpc) is 2.83. The first-order valence-electron chi connectivity index (χ1n) is 7.01. The lowest BCUT2D eigenvalue weighted by Gasteiger charge is -2.12. The number of hydrogen-bond donors (Lipinski definition) is 3. The normalized spacial score (nSPS) is 23.5. The average molecular weight is 261 g/mol. The van der Waals surface area contributed by atoms with E-state index in [-0.39, 0.29) is 12.0 Å². The molecule has 19 heavy (non-hydrogen) atoms. The Labute approximate surface area is 114 Å². The number of nitrogens with zero attached hydrogens (tertiary/aromatic N) is 1. The Balaban J connectivity index is 1.67. The van der Waals surface area contributed by atoms with E-state index in [0.29, 0.717) is 12.5 Å². The minimum atomic E-state index is -0.194. The van der Waals surface area contributed by atoms with Gasteiger partial charge in [0.1, 0.15) is 0 Å². The Morgan fingerprint density at radius 3 is 2.79 bits per heavy atom. The monoisotopic (exact) mass is 261 g/mol.